The molecule has 0 bridgehead atoms. The van der Waals surface area contributed by atoms with E-state index in [1.165, 1.54) is 0 Å². The second-order valence-corrected chi connectivity index (χ2v) is 4.71. The van der Waals surface area contributed by atoms with Gasteiger partial charge in [0.1, 0.15) is 11.5 Å². The van der Waals surface area contributed by atoms with Crippen molar-refractivity contribution in [2.45, 2.75) is 12.8 Å². The van der Waals surface area contributed by atoms with Crippen LogP contribution in [0.25, 0.3) is 10.8 Å². The predicted molar refractivity (Wildman–Crippen MR) is 71.9 cm³/mol. The monoisotopic (exact) mass is 254 g/mol. The second-order valence-electron chi connectivity index (χ2n) is 4.71. The Kier molecular flexibility index (Phi) is 2.99. The Morgan fingerprint density at radius 2 is 1.84 bits per heavy atom. The Balaban J connectivity index is 1.95. The lowest BCUT2D eigenvalue weighted by molar-refractivity contribution is -0.120. The molecular formula is C15H14N2O2. The van der Waals surface area contributed by atoms with Crippen LogP contribution in [0, 0.1) is 0 Å². The van der Waals surface area contributed by atoms with Crippen molar-refractivity contribution in [1.82, 2.24) is 9.88 Å². The van der Waals surface area contributed by atoms with Gasteiger partial charge in [-0.25, -0.2) is 0 Å². The van der Waals surface area contributed by atoms with Crippen LogP contribution in [0.3, 0.4) is 0 Å². The fraction of sp³-hybridized carbons (Fsp3) is 0.267. The Labute approximate surface area is 111 Å². The van der Waals surface area contributed by atoms with Gasteiger partial charge in [-0.2, -0.15) is 0 Å². The number of fused-ring (bicyclic) bond motifs is 1. The first kappa shape index (κ1) is 11.8. The molecule has 1 aliphatic rings. The summed E-state index contributed by atoms with van der Waals surface area (Å²) in [6.07, 6.45) is 2.57. The summed E-state index contributed by atoms with van der Waals surface area (Å²) in [4.78, 5) is 29.6. The number of carbonyl (C=O) groups is 2. The number of hydrogen-bond donors (Lipinski definition) is 0. The molecule has 2 aromatic rings. The highest BCUT2D eigenvalue weighted by Gasteiger charge is 2.23. The largest absolute Gasteiger partial charge is 0.336 e. The van der Waals surface area contributed by atoms with Crippen LogP contribution in [0.5, 0.6) is 0 Å². The van der Waals surface area contributed by atoms with E-state index in [9.17, 15) is 9.59 Å². The molecule has 1 amide bonds. The molecular weight excluding hydrogens is 240 g/mol. The fourth-order valence-electron chi connectivity index (χ4n) is 2.40. The number of ketones is 1. The Morgan fingerprint density at radius 1 is 1.11 bits per heavy atom. The first-order valence-electron chi connectivity index (χ1n) is 6.40. The molecule has 1 aromatic carbocycles. The number of rotatable bonds is 1. The van der Waals surface area contributed by atoms with Gasteiger partial charge in [0, 0.05) is 37.5 Å². The van der Waals surface area contributed by atoms with E-state index in [0.29, 0.717) is 31.6 Å². The second kappa shape index (κ2) is 4.80. The Morgan fingerprint density at radius 3 is 2.63 bits per heavy atom. The van der Waals surface area contributed by atoms with Gasteiger partial charge in [-0.1, -0.05) is 24.3 Å². The summed E-state index contributed by atoms with van der Waals surface area (Å²) in [6, 6.07) is 9.61. The number of carbonyl (C=O) groups excluding carboxylic acids is 2. The number of hydrogen-bond acceptors (Lipinski definition) is 3. The maximum atomic E-state index is 12.5. The number of piperidine rings is 1. The lowest BCUT2D eigenvalue weighted by Crippen LogP contribution is -2.39. The minimum Gasteiger partial charge on any atom is -0.336 e. The van der Waals surface area contributed by atoms with Crippen molar-refractivity contribution in [1.29, 1.82) is 0 Å². The van der Waals surface area contributed by atoms with Crippen molar-refractivity contribution in [2.75, 3.05) is 13.1 Å². The molecule has 4 nitrogen and oxygen atoms in total. The van der Waals surface area contributed by atoms with Gasteiger partial charge in [0.25, 0.3) is 5.91 Å². The maximum absolute atomic E-state index is 12.5. The summed E-state index contributed by atoms with van der Waals surface area (Å²) < 4.78 is 0. The number of nitrogens with zero attached hydrogens (tertiary/aromatic N) is 2. The quantitative estimate of drug-likeness (QED) is 0.782. The third-order valence-electron chi connectivity index (χ3n) is 3.48. The van der Waals surface area contributed by atoms with Crippen LogP contribution in [0.1, 0.15) is 23.3 Å². The molecule has 1 fully saturated rings. The smallest absolute Gasteiger partial charge is 0.273 e. The summed E-state index contributed by atoms with van der Waals surface area (Å²) in [5, 5.41) is 1.88. The summed E-state index contributed by atoms with van der Waals surface area (Å²) in [5.74, 6) is 0.152. The average molecular weight is 254 g/mol. The number of aromatic nitrogens is 1. The zero-order valence-electron chi connectivity index (χ0n) is 10.5. The lowest BCUT2D eigenvalue weighted by atomic mass is 10.1. The standard InChI is InChI=1S/C15H14N2O2/c18-12-6-9-17(10-7-12)15(19)14-13-4-2-1-3-11(13)5-8-16-14/h1-5,8H,6-7,9-10H2. The molecule has 0 spiro atoms. The van der Waals surface area contributed by atoms with Crippen LogP contribution in [0.2, 0.25) is 0 Å². The molecule has 1 saturated heterocycles. The molecule has 3 rings (SSSR count). The van der Waals surface area contributed by atoms with Crippen LogP contribution in [-0.4, -0.2) is 34.7 Å². The topological polar surface area (TPSA) is 50.3 Å². The Hall–Kier alpha value is -2.23. The van der Waals surface area contributed by atoms with Crippen LogP contribution in [-0.2, 0) is 4.79 Å². The molecule has 1 aromatic heterocycles. The van der Waals surface area contributed by atoms with Crippen LogP contribution >= 0.6 is 0 Å². The first-order chi connectivity index (χ1) is 9.25. The van der Waals surface area contributed by atoms with Crippen LogP contribution in [0.4, 0.5) is 0 Å². The predicted octanol–water partition coefficient (Wildman–Crippen LogP) is 2.04. The van der Waals surface area contributed by atoms with E-state index in [2.05, 4.69) is 4.98 Å². The number of pyridine rings is 1. The van der Waals surface area contributed by atoms with Gasteiger partial charge in [-0.15, -0.1) is 0 Å². The molecule has 2 heterocycles. The van der Waals surface area contributed by atoms with Crippen molar-refractivity contribution >= 4 is 22.5 Å². The third-order valence-corrected chi connectivity index (χ3v) is 3.48. The van der Waals surface area contributed by atoms with Crippen molar-refractivity contribution in [3.8, 4) is 0 Å². The molecule has 96 valence electrons. The molecule has 4 heteroatoms. The van der Waals surface area contributed by atoms with Crippen LogP contribution in [0.15, 0.2) is 36.5 Å². The number of Topliss-reactive ketones (excluding diaryl/α,β-unsaturated/α-hetero) is 1. The molecule has 0 unspecified atom stereocenters. The van der Waals surface area contributed by atoms with Gasteiger partial charge in [0.05, 0.1) is 0 Å². The highest BCUT2D eigenvalue weighted by molar-refractivity contribution is 6.05. The van der Waals surface area contributed by atoms with Gasteiger partial charge >= 0.3 is 0 Å². The van der Waals surface area contributed by atoms with Gasteiger partial charge in [0.15, 0.2) is 0 Å². The number of likely N-dealkylation sites (tertiary alicyclic amines) is 1. The van der Waals surface area contributed by atoms with Crippen molar-refractivity contribution in [3.63, 3.8) is 0 Å². The first-order valence-corrected chi connectivity index (χ1v) is 6.40. The third kappa shape index (κ3) is 2.21. The minimum atomic E-state index is -0.0794. The highest BCUT2D eigenvalue weighted by Crippen LogP contribution is 2.19. The summed E-state index contributed by atoms with van der Waals surface area (Å²) in [6.45, 7) is 1.01. The Bertz CT molecular complexity index is 636. The lowest BCUT2D eigenvalue weighted by Gasteiger charge is -2.26. The van der Waals surface area contributed by atoms with E-state index < -0.39 is 0 Å². The van der Waals surface area contributed by atoms with E-state index in [1.807, 2.05) is 30.3 Å². The van der Waals surface area contributed by atoms with Gasteiger partial charge in [0.2, 0.25) is 0 Å². The summed E-state index contributed by atoms with van der Waals surface area (Å²) >= 11 is 0. The van der Waals surface area contributed by atoms with Crippen molar-refractivity contribution < 1.29 is 9.59 Å². The SMILES string of the molecule is O=C1CCN(C(=O)c2nccc3ccccc23)CC1. The van der Waals surface area contributed by atoms with E-state index in [1.54, 1.807) is 11.1 Å². The zero-order chi connectivity index (χ0) is 13.2. The molecule has 0 N–H and O–H groups in total. The van der Waals surface area contributed by atoms with Crippen molar-refractivity contribution in [3.05, 3.63) is 42.2 Å². The fourth-order valence-corrected chi connectivity index (χ4v) is 2.40. The van der Waals surface area contributed by atoms with E-state index in [4.69, 9.17) is 0 Å². The average Bonchev–Trinajstić information content (AvgIpc) is 2.47. The van der Waals surface area contributed by atoms with Gasteiger partial charge in [-0.3, -0.25) is 14.6 Å². The number of amides is 1. The maximum Gasteiger partial charge on any atom is 0.273 e. The highest BCUT2D eigenvalue weighted by atomic mass is 16.2. The van der Waals surface area contributed by atoms with Crippen molar-refractivity contribution in [2.24, 2.45) is 0 Å². The van der Waals surface area contributed by atoms with Crippen LogP contribution < -0.4 is 0 Å². The molecule has 0 atom stereocenters. The summed E-state index contributed by atoms with van der Waals surface area (Å²) in [5.41, 5.74) is 0.479. The summed E-state index contributed by atoms with van der Waals surface area (Å²) in [7, 11) is 0. The molecule has 0 radical (unpaired) electrons. The van der Waals surface area contributed by atoms with Gasteiger partial charge < -0.3 is 4.90 Å². The minimum absolute atomic E-state index is 0.0794. The molecule has 0 saturated carbocycles. The number of benzene rings is 1. The molecule has 0 aliphatic carbocycles. The molecule has 1 aliphatic heterocycles. The van der Waals surface area contributed by atoms with E-state index in [0.717, 1.165) is 10.8 Å². The normalized spacial score (nSPS) is 15.8. The van der Waals surface area contributed by atoms with Gasteiger partial charge in [-0.05, 0) is 11.5 Å². The van der Waals surface area contributed by atoms with E-state index in [-0.39, 0.29) is 11.7 Å². The zero-order valence-corrected chi connectivity index (χ0v) is 10.5. The molecule has 19 heavy (non-hydrogen) atoms. The van der Waals surface area contributed by atoms with E-state index >= 15 is 0 Å².